The van der Waals surface area contributed by atoms with Gasteiger partial charge < -0.3 is 9.72 Å². The van der Waals surface area contributed by atoms with Crippen LogP contribution in [0.3, 0.4) is 0 Å². The Morgan fingerprint density at radius 3 is 3.00 bits per heavy atom. The molecular formula is C11H12N2O2S. The van der Waals surface area contributed by atoms with E-state index in [9.17, 15) is 4.79 Å². The summed E-state index contributed by atoms with van der Waals surface area (Å²) in [4.78, 5) is 20.7. The quantitative estimate of drug-likeness (QED) is 0.833. The molecule has 0 bridgehead atoms. The van der Waals surface area contributed by atoms with Crippen molar-refractivity contribution in [1.82, 2.24) is 9.97 Å². The van der Waals surface area contributed by atoms with Crippen molar-refractivity contribution in [3.63, 3.8) is 0 Å². The number of H-pyrrole nitrogens is 1. The molecule has 0 amide bonds. The number of nitrogens with zero attached hydrogens (tertiary/aromatic N) is 1. The molecule has 2 rings (SSSR count). The molecule has 0 aromatic carbocycles. The normalized spacial score (nSPS) is 10.4. The molecule has 16 heavy (non-hydrogen) atoms. The van der Waals surface area contributed by atoms with Crippen molar-refractivity contribution in [3.05, 3.63) is 28.9 Å². The number of methoxy groups -OCH3 is 1. The Bertz CT molecular complexity index is 502. The summed E-state index contributed by atoms with van der Waals surface area (Å²) in [5.41, 5.74) is 0.379. The van der Waals surface area contributed by atoms with Crippen LogP contribution in [-0.2, 0) is 11.2 Å². The van der Waals surface area contributed by atoms with E-state index in [0.29, 0.717) is 11.5 Å². The number of aromatic nitrogens is 2. The summed E-state index contributed by atoms with van der Waals surface area (Å²) < 4.78 is 4.61. The minimum absolute atomic E-state index is 0.379. The van der Waals surface area contributed by atoms with E-state index in [-0.39, 0.29) is 0 Å². The minimum atomic E-state index is -0.397. The summed E-state index contributed by atoms with van der Waals surface area (Å²) >= 11 is 1.67. The van der Waals surface area contributed by atoms with Gasteiger partial charge in [-0.1, -0.05) is 6.92 Å². The summed E-state index contributed by atoms with van der Waals surface area (Å²) in [6.07, 6.45) is 2.50. The maximum absolute atomic E-state index is 11.2. The van der Waals surface area contributed by atoms with Crippen molar-refractivity contribution < 1.29 is 9.53 Å². The Kier molecular flexibility index (Phi) is 3.05. The average molecular weight is 236 g/mol. The third-order valence-electron chi connectivity index (χ3n) is 2.22. The zero-order chi connectivity index (χ0) is 11.5. The number of carbonyl (C=O) groups excluding carboxylic acids is 1. The van der Waals surface area contributed by atoms with Gasteiger partial charge in [-0.15, -0.1) is 11.3 Å². The van der Waals surface area contributed by atoms with E-state index < -0.39 is 5.97 Å². The molecule has 84 valence electrons. The fourth-order valence-electron chi connectivity index (χ4n) is 1.36. The first-order chi connectivity index (χ1) is 7.74. The number of hydrogen-bond donors (Lipinski definition) is 1. The number of aromatic amines is 1. The molecule has 0 saturated heterocycles. The smallest absolute Gasteiger partial charge is 0.356 e. The van der Waals surface area contributed by atoms with Gasteiger partial charge in [0, 0.05) is 4.88 Å². The standard InChI is InChI=1S/C11H12N2O2S/c1-3-7-4-5-9(16-7)10-12-6-8(13-10)11(14)15-2/h4-6H,3H2,1-2H3,(H,12,13). The molecule has 0 aliphatic heterocycles. The Labute approximate surface area is 97.3 Å². The third kappa shape index (κ3) is 1.99. The van der Waals surface area contributed by atoms with Crippen LogP contribution in [0.2, 0.25) is 0 Å². The molecule has 2 heterocycles. The van der Waals surface area contributed by atoms with Gasteiger partial charge in [0.05, 0.1) is 18.2 Å². The van der Waals surface area contributed by atoms with Crippen molar-refractivity contribution in [3.8, 4) is 10.7 Å². The summed E-state index contributed by atoms with van der Waals surface area (Å²) in [5, 5.41) is 0. The zero-order valence-electron chi connectivity index (χ0n) is 9.11. The van der Waals surface area contributed by atoms with Gasteiger partial charge in [0.1, 0.15) is 11.5 Å². The van der Waals surface area contributed by atoms with E-state index in [4.69, 9.17) is 0 Å². The predicted octanol–water partition coefficient (Wildman–Crippen LogP) is 2.49. The first-order valence-corrected chi connectivity index (χ1v) is 5.78. The monoisotopic (exact) mass is 236 g/mol. The lowest BCUT2D eigenvalue weighted by atomic mass is 10.3. The maximum Gasteiger partial charge on any atom is 0.356 e. The molecule has 2 aromatic heterocycles. The number of nitrogens with one attached hydrogen (secondary N) is 1. The molecule has 4 nitrogen and oxygen atoms in total. The third-order valence-corrected chi connectivity index (χ3v) is 3.46. The van der Waals surface area contributed by atoms with Crippen molar-refractivity contribution in [1.29, 1.82) is 0 Å². The van der Waals surface area contributed by atoms with E-state index in [2.05, 4.69) is 27.7 Å². The Hall–Kier alpha value is -1.62. The fraction of sp³-hybridized carbons (Fsp3) is 0.273. The summed E-state index contributed by atoms with van der Waals surface area (Å²) in [7, 11) is 1.35. The van der Waals surface area contributed by atoms with Gasteiger partial charge in [-0.05, 0) is 18.6 Å². The number of ether oxygens (including phenoxy) is 1. The highest BCUT2D eigenvalue weighted by Gasteiger charge is 2.11. The second-order valence-corrected chi connectivity index (χ2v) is 4.42. The predicted molar refractivity (Wildman–Crippen MR) is 62.6 cm³/mol. The van der Waals surface area contributed by atoms with Crippen LogP contribution in [0, 0.1) is 0 Å². The summed E-state index contributed by atoms with van der Waals surface area (Å²) in [6.45, 7) is 2.11. The van der Waals surface area contributed by atoms with Gasteiger partial charge in [0.15, 0.2) is 0 Å². The van der Waals surface area contributed by atoms with Gasteiger partial charge >= 0.3 is 5.97 Å². The molecule has 0 atom stereocenters. The molecule has 0 saturated carbocycles. The van der Waals surface area contributed by atoms with Crippen LogP contribution < -0.4 is 0 Å². The van der Waals surface area contributed by atoms with Crippen LogP contribution in [-0.4, -0.2) is 23.0 Å². The van der Waals surface area contributed by atoms with Crippen LogP contribution in [0.4, 0.5) is 0 Å². The SMILES string of the molecule is CCc1ccc(-c2ncc(C(=O)OC)[nH]2)s1. The van der Waals surface area contributed by atoms with Crippen molar-refractivity contribution in [2.45, 2.75) is 13.3 Å². The number of esters is 1. The lowest BCUT2D eigenvalue weighted by Gasteiger charge is -1.93. The molecule has 5 heteroatoms. The Morgan fingerprint density at radius 2 is 2.38 bits per heavy atom. The number of carbonyl (C=O) groups is 1. The molecule has 0 aliphatic carbocycles. The topological polar surface area (TPSA) is 55.0 Å². The van der Waals surface area contributed by atoms with Crippen LogP contribution in [0.5, 0.6) is 0 Å². The van der Waals surface area contributed by atoms with Gasteiger partial charge in [0.2, 0.25) is 0 Å². The molecule has 1 N–H and O–H groups in total. The van der Waals surface area contributed by atoms with Crippen LogP contribution in [0.15, 0.2) is 18.3 Å². The summed E-state index contributed by atoms with van der Waals surface area (Å²) in [6, 6.07) is 4.07. The number of rotatable bonds is 3. The van der Waals surface area contributed by atoms with Crippen LogP contribution in [0.1, 0.15) is 22.3 Å². The van der Waals surface area contributed by atoms with E-state index in [0.717, 1.165) is 11.3 Å². The Balaban J connectivity index is 2.27. The van der Waals surface area contributed by atoms with E-state index in [1.807, 2.05) is 6.07 Å². The van der Waals surface area contributed by atoms with Crippen molar-refractivity contribution >= 4 is 17.3 Å². The summed E-state index contributed by atoms with van der Waals surface area (Å²) in [5.74, 6) is 0.316. The van der Waals surface area contributed by atoms with E-state index in [1.54, 1.807) is 11.3 Å². The van der Waals surface area contributed by atoms with Gasteiger partial charge in [-0.3, -0.25) is 0 Å². The molecule has 0 unspecified atom stereocenters. The second kappa shape index (κ2) is 4.49. The first kappa shape index (κ1) is 10.9. The highest BCUT2D eigenvalue weighted by Crippen LogP contribution is 2.26. The maximum atomic E-state index is 11.2. The van der Waals surface area contributed by atoms with Gasteiger partial charge in [0.25, 0.3) is 0 Å². The molecule has 2 aromatic rings. The fourth-order valence-corrected chi connectivity index (χ4v) is 2.25. The largest absolute Gasteiger partial charge is 0.464 e. The average Bonchev–Trinajstić information content (AvgIpc) is 2.95. The van der Waals surface area contributed by atoms with Gasteiger partial charge in [-0.25, -0.2) is 9.78 Å². The molecular weight excluding hydrogens is 224 g/mol. The molecule has 0 spiro atoms. The van der Waals surface area contributed by atoms with Crippen molar-refractivity contribution in [2.75, 3.05) is 7.11 Å². The van der Waals surface area contributed by atoms with Crippen LogP contribution >= 0.6 is 11.3 Å². The number of aryl methyl sites for hydroxylation is 1. The number of thiophene rings is 1. The van der Waals surface area contributed by atoms with E-state index in [1.165, 1.54) is 18.2 Å². The minimum Gasteiger partial charge on any atom is -0.464 e. The highest BCUT2D eigenvalue weighted by molar-refractivity contribution is 7.15. The lowest BCUT2D eigenvalue weighted by Crippen LogP contribution is -2.00. The highest BCUT2D eigenvalue weighted by atomic mass is 32.1. The second-order valence-electron chi connectivity index (χ2n) is 3.26. The van der Waals surface area contributed by atoms with Gasteiger partial charge in [-0.2, -0.15) is 0 Å². The molecule has 0 radical (unpaired) electrons. The Morgan fingerprint density at radius 1 is 1.56 bits per heavy atom. The first-order valence-electron chi connectivity index (χ1n) is 4.97. The number of imidazole rings is 1. The molecule has 0 aliphatic rings. The van der Waals surface area contributed by atoms with E-state index >= 15 is 0 Å². The van der Waals surface area contributed by atoms with Crippen molar-refractivity contribution in [2.24, 2.45) is 0 Å². The number of hydrogen-bond acceptors (Lipinski definition) is 4. The lowest BCUT2D eigenvalue weighted by molar-refractivity contribution is 0.0595. The zero-order valence-corrected chi connectivity index (χ0v) is 9.93. The molecule has 0 fully saturated rings. The van der Waals surface area contributed by atoms with Crippen LogP contribution in [0.25, 0.3) is 10.7 Å².